The molecule has 2 heterocycles. The van der Waals surface area contributed by atoms with E-state index >= 15 is 0 Å². The first-order chi connectivity index (χ1) is 12.5. The Morgan fingerprint density at radius 1 is 1.15 bits per heavy atom. The van der Waals surface area contributed by atoms with Gasteiger partial charge in [0.25, 0.3) is 5.56 Å². The minimum atomic E-state index is -0.849. The van der Waals surface area contributed by atoms with E-state index in [-0.39, 0.29) is 5.78 Å². The molecular weight excluding hydrogens is 334 g/mol. The average molecular weight is 351 g/mol. The average Bonchev–Trinajstić information content (AvgIpc) is 3.16. The van der Waals surface area contributed by atoms with Crippen molar-refractivity contribution < 1.29 is 14.0 Å². The topological polar surface area (TPSA) is 94.2 Å². The van der Waals surface area contributed by atoms with Gasteiger partial charge >= 0.3 is 0 Å². The van der Waals surface area contributed by atoms with Crippen molar-refractivity contribution in [1.82, 2.24) is 9.78 Å². The number of anilines is 1. The smallest absolute Gasteiger partial charge is 0.267 e. The SMILES string of the molecule is CC(=O)c1cccc(NC(=O)C(C)n2nc(-c3ccco3)ccc2=O)c1. The summed E-state index contributed by atoms with van der Waals surface area (Å²) < 4.78 is 6.37. The van der Waals surface area contributed by atoms with Crippen LogP contribution >= 0.6 is 0 Å². The van der Waals surface area contributed by atoms with Crippen molar-refractivity contribution in [3.8, 4) is 11.5 Å². The molecule has 7 heteroatoms. The largest absolute Gasteiger partial charge is 0.463 e. The lowest BCUT2D eigenvalue weighted by Gasteiger charge is -2.15. The molecule has 26 heavy (non-hydrogen) atoms. The van der Waals surface area contributed by atoms with E-state index in [1.54, 1.807) is 49.4 Å². The highest BCUT2D eigenvalue weighted by Crippen LogP contribution is 2.17. The van der Waals surface area contributed by atoms with Crippen LogP contribution in [0.25, 0.3) is 11.5 Å². The van der Waals surface area contributed by atoms with Crippen molar-refractivity contribution in [2.45, 2.75) is 19.9 Å². The molecule has 1 amide bonds. The third kappa shape index (κ3) is 3.61. The van der Waals surface area contributed by atoms with Gasteiger partial charge in [-0.15, -0.1) is 0 Å². The van der Waals surface area contributed by atoms with Crippen LogP contribution in [0.2, 0.25) is 0 Å². The standard InChI is InChI=1S/C19H17N3O4/c1-12(19(25)20-15-6-3-5-14(11-15)13(2)23)22-18(24)9-8-16(21-22)17-7-4-10-26-17/h3-12H,1-2H3,(H,20,25). The monoisotopic (exact) mass is 351 g/mol. The minimum Gasteiger partial charge on any atom is -0.463 e. The first-order valence-electron chi connectivity index (χ1n) is 8.01. The Morgan fingerprint density at radius 3 is 2.65 bits per heavy atom. The highest BCUT2D eigenvalue weighted by Gasteiger charge is 2.19. The molecule has 0 fully saturated rings. The van der Waals surface area contributed by atoms with E-state index in [1.807, 2.05) is 0 Å². The van der Waals surface area contributed by atoms with E-state index in [4.69, 9.17) is 4.42 Å². The maximum absolute atomic E-state index is 12.5. The number of aromatic nitrogens is 2. The molecule has 3 rings (SSSR count). The number of nitrogens with zero attached hydrogens (tertiary/aromatic N) is 2. The van der Waals surface area contributed by atoms with E-state index in [9.17, 15) is 14.4 Å². The van der Waals surface area contributed by atoms with Crippen molar-refractivity contribution in [3.05, 3.63) is 70.7 Å². The van der Waals surface area contributed by atoms with Crippen LogP contribution in [0.4, 0.5) is 5.69 Å². The fraction of sp³-hybridized carbons (Fsp3) is 0.158. The molecule has 0 saturated carbocycles. The van der Waals surface area contributed by atoms with Crippen molar-refractivity contribution in [2.75, 3.05) is 5.32 Å². The molecule has 7 nitrogen and oxygen atoms in total. The van der Waals surface area contributed by atoms with Crippen molar-refractivity contribution in [3.63, 3.8) is 0 Å². The molecule has 1 N–H and O–H groups in total. The highest BCUT2D eigenvalue weighted by molar-refractivity contribution is 5.97. The van der Waals surface area contributed by atoms with Gasteiger partial charge in [-0.1, -0.05) is 12.1 Å². The summed E-state index contributed by atoms with van der Waals surface area (Å²) in [6.07, 6.45) is 1.50. The molecule has 0 radical (unpaired) electrons. The summed E-state index contributed by atoms with van der Waals surface area (Å²) in [7, 11) is 0. The van der Waals surface area contributed by atoms with Gasteiger partial charge in [-0.3, -0.25) is 14.4 Å². The van der Waals surface area contributed by atoms with E-state index in [0.717, 1.165) is 4.68 Å². The molecule has 0 saturated heterocycles. The lowest BCUT2D eigenvalue weighted by atomic mass is 10.1. The Bertz CT molecular complexity index is 1010. The molecule has 1 unspecified atom stereocenters. The molecule has 1 aromatic carbocycles. The number of amides is 1. The molecule has 0 aliphatic carbocycles. The number of carbonyl (C=O) groups is 2. The number of furan rings is 1. The molecule has 0 bridgehead atoms. The lowest BCUT2D eigenvalue weighted by molar-refractivity contribution is -0.119. The summed E-state index contributed by atoms with van der Waals surface area (Å²) in [5.41, 5.74) is 1.02. The number of nitrogens with one attached hydrogen (secondary N) is 1. The number of carbonyl (C=O) groups excluding carboxylic acids is 2. The second-order valence-corrected chi connectivity index (χ2v) is 5.78. The number of ketones is 1. The number of rotatable bonds is 5. The Balaban J connectivity index is 1.85. The first-order valence-corrected chi connectivity index (χ1v) is 8.01. The van der Waals surface area contributed by atoms with Gasteiger partial charge in [-0.2, -0.15) is 5.10 Å². The van der Waals surface area contributed by atoms with Crippen LogP contribution in [0.15, 0.2) is 64.0 Å². The summed E-state index contributed by atoms with van der Waals surface area (Å²) in [5, 5.41) is 6.92. The molecule has 132 valence electrons. The van der Waals surface area contributed by atoms with Crippen LogP contribution in [0.1, 0.15) is 30.2 Å². The summed E-state index contributed by atoms with van der Waals surface area (Å²) in [4.78, 5) is 36.1. The Labute approximate surface area is 149 Å². The van der Waals surface area contributed by atoms with Gasteiger partial charge in [0.1, 0.15) is 11.7 Å². The summed E-state index contributed by atoms with van der Waals surface area (Å²) in [6, 6.07) is 12.1. The van der Waals surface area contributed by atoms with Gasteiger partial charge in [0.15, 0.2) is 11.5 Å². The van der Waals surface area contributed by atoms with E-state index < -0.39 is 17.5 Å². The zero-order chi connectivity index (χ0) is 18.7. The summed E-state index contributed by atoms with van der Waals surface area (Å²) >= 11 is 0. The van der Waals surface area contributed by atoms with Crippen LogP contribution in [-0.2, 0) is 4.79 Å². The molecule has 0 aliphatic rings. The highest BCUT2D eigenvalue weighted by atomic mass is 16.3. The Kier molecular flexibility index (Phi) is 4.79. The maximum Gasteiger partial charge on any atom is 0.267 e. The molecule has 2 aromatic heterocycles. The molecular formula is C19H17N3O4. The minimum absolute atomic E-state index is 0.0989. The summed E-state index contributed by atoms with van der Waals surface area (Å²) in [5.74, 6) is -0.0180. The third-order valence-corrected chi connectivity index (χ3v) is 3.88. The van der Waals surface area contributed by atoms with Crippen molar-refractivity contribution in [1.29, 1.82) is 0 Å². The lowest BCUT2D eigenvalue weighted by Crippen LogP contribution is -2.33. The Morgan fingerprint density at radius 2 is 1.96 bits per heavy atom. The van der Waals surface area contributed by atoms with E-state index in [0.29, 0.717) is 22.7 Å². The fourth-order valence-corrected chi connectivity index (χ4v) is 2.43. The second kappa shape index (κ2) is 7.18. The normalized spacial score (nSPS) is 11.8. The summed E-state index contributed by atoms with van der Waals surface area (Å²) in [6.45, 7) is 3.03. The second-order valence-electron chi connectivity index (χ2n) is 5.78. The van der Waals surface area contributed by atoms with Crippen LogP contribution < -0.4 is 10.9 Å². The quantitative estimate of drug-likeness (QED) is 0.713. The zero-order valence-corrected chi connectivity index (χ0v) is 14.3. The fourth-order valence-electron chi connectivity index (χ4n) is 2.43. The number of benzene rings is 1. The third-order valence-electron chi connectivity index (χ3n) is 3.88. The van der Waals surface area contributed by atoms with Crippen LogP contribution in [0.5, 0.6) is 0 Å². The molecule has 0 aliphatic heterocycles. The zero-order valence-electron chi connectivity index (χ0n) is 14.3. The molecule has 0 spiro atoms. The van der Waals surface area contributed by atoms with Gasteiger partial charge in [0, 0.05) is 17.3 Å². The van der Waals surface area contributed by atoms with Crippen LogP contribution in [0, 0.1) is 0 Å². The van der Waals surface area contributed by atoms with Crippen molar-refractivity contribution >= 4 is 17.4 Å². The predicted octanol–water partition coefficient (Wildman–Crippen LogP) is 2.91. The van der Waals surface area contributed by atoms with Gasteiger partial charge in [-0.05, 0) is 44.2 Å². The first kappa shape index (κ1) is 17.3. The van der Waals surface area contributed by atoms with Gasteiger partial charge in [0.05, 0.1) is 6.26 Å². The Hall–Kier alpha value is -3.48. The van der Waals surface area contributed by atoms with Crippen LogP contribution in [-0.4, -0.2) is 21.5 Å². The molecule has 3 aromatic rings. The van der Waals surface area contributed by atoms with E-state index in [1.165, 1.54) is 19.3 Å². The van der Waals surface area contributed by atoms with E-state index in [2.05, 4.69) is 10.4 Å². The molecule has 1 atom stereocenters. The van der Waals surface area contributed by atoms with Gasteiger partial charge < -0.3 is 9.73 Å². The van der Waals surface area contributed by atoms with Gasteiger partial charge in [0.2, 0.25) is 5.91 Å². The number of hydrogen-bond acceptors (Lipinski definition) is 5. The number of hydrogen-bond donors (Lipinski definition) is 1. The predicted molar refractivity (Wildman–Crippen MR) is 96.0 cm³/mol. The number of Topliss-reactive ketones (excluding diaryl/α,β-unsaturated/α-hetero) is 1. The van der Waals surface area contributed by atoms with Crippen LogP contribution in [0.3, 0.4) is 0 Å². The van der Waals surface area contributed by atoms with Gasteiger partial charge in [-0.25, -0.2) is 4.68 Å². The maximum atomic E-state index is 12.5. The van der Waals surface area contributed by atoms with Crippen molar-refractivity contribution in [2.24, 2.45) is 0 Å².